The Balaban J connectivity index is 1.44. The average Bonchev–Trinajstić information content (AvgIpc) is 2.78. The molecule has 9 nitrogen and oxygen atoms in total. The van der Waals surface area contributed by atoms with E-state index in [4.69, 9.17) is 4.74 Å². The molecule has 166 valence electrons. The summed E-state index contributed by atoms with van der Waals surface area (Å²) in [6.07, 6.45) is 5.02. The van der Waals surface area contributed by atoms with Crippen molar-refractivity contribution in [1.82, 2.24) is 19.8 Å². The Bertz CT molecular complexity index is 708. The van der Waals surface area contributed by atoms with E-state index < -0.39 is 0 Å². The highest BCUT2D eigenvalue weighted by molar-refractivity contribution is 5.76. The van der Waals surface area contributed by atoms with Crippen molar-refractivity contribution in [2.24, 2.45) is 5.92 Å². The number of nitrogens with one attached hydrogen (secondary N) is 1. The van der Waals surface area contributed by atoms with Gasteiger partial charge in [-0.25, -0.2) is 14.8 Å². The molecule has 2 saturated heterocycles. The summed E-state index contributed by atoms with van der Waals surface area (Å²) in [5.41, 5.74) is 0. The minimum absolute atomic E-state index is 0.187. The lowest BCUT2D eigenvalue weighted by molar-refractivity contribution is -0.133. The molecule has 2 fully saturated rings. The van der Waals surface area contributed by atoms with Gasteiger partial charge in [0.2, 0.25) is 5.91 Å². The fourth-order valence-corrected chi connectivity index (χ4v) is 4.15. The van der Waals surface area contributed by atoms with Crippen LogP contribution in [0, 0.1) is 5.92 Å². The maximum Gasteiger partial charge on any atom is 0.409 e. The number of carbonyl (C=O) groups excluding carboxylic acids is 2. The Morgan fingerprint density at radius 3 is 2.63 bits per heavy atom. The minimum Gasteiger partial charge on any atom is -0.450 e. The summed E-state index contributed by atoms with van der Waals surface area (Å²) >= 11 is 0. The van der Waals surface area contributed by atoms with Crippen LogP contribution in [-0.4, -0.2) is 84.2 Å². The van der Waals surface area contributed by atoms with Gasteiger partial charge in [-0.3, -0.25) is 4.79 Å². The number of piperidine rings is 1. The number of ether oxygens (including phenoxy) is 1. The van der Waals surface area contributed by atoms with Crippen LogP contribution in [-0.2, 0) is 9.53 Å². The molecule has 30 heavy (non-hydrogen) atoms. The van der Waals surface area contributed by atoms with Gasteiger partial charge < -0.3 is 24.8 Å². The standard InChI is InChI=1S/C21H34N6O3/c1-3-22-18-14-19(24-16-23-18)27-9-5-6-17(15-27)7-8-20(28)25-10-12-26(13-11-25)21(29)30-4-2/h14,16-17H,3-13,15H2,1-2H3,(H,22,23,24)/t17-/m0/s1. The number of rotatable bonds is 7. The molecule has 1 aromatic heterocycles. The van der Waals surface area contributed by atoms with Crippen LogP contribution in [0.4, 0.5) is 16.4 Å². The number of carbonyl (C=O) groups is 2. The molecule has 0 saturated carbocycles. The molecule has 2 amide bonds. The van der Waals surface area contributed by atoms with Crippen LogP contribution >= 0.6 is 0 Å². The van der Waals surface area contributed by atoms with E-state index in [0.717, 1.165) is 50.5 Å². The van der Waals surface area contributed by atoms with Crippen molar-refractivity contribution in [2.45, 2.75) is 39.5 Å². The monoisotopic (exact) mass is 418 g/mol. The molecular formula is C21H34N6O3. The summed E-state index contributed by atoms with van der Waals surface area (Å²) in [6, 6.07) is 2.00. The van der Waals surface area contributed by atoms with E-state index in [1.54, 1.807) is 18.2 Å². The number of amides is 2. The zero-order valence-electron chi connectivity index (χ0n) is 18.2. The number of hydrogen-bond acceptors (Lipinski definition) is 7. The van der Waals surface area contributed by atoms with E-state index in [9.17, 15) is 9.59 Å². The molecule has 1 atom stereocenters. The van der Waals surface area contributed by atoms with Gasteiger partial charge in [0.1, 0.15) is 18.0 Å². The minimum atomic E-state index is -0.283. The molecule has 3 heterocycles. The molecule has 2 aliphatic heterocycles. The zero-order valence-corrected chi connectivity index (χ0v) is 18.2. The topological polar surface area (TPSA) is 90.9 Å². The maximum absolute atomic E-state index is 12.7. The summed E-state index contributed by atoms with van der Waals surface area (Å²) in [6.45, 7) is 9.23. The summed E-state index contributed by atoms with van der Waals surface area (Å²) in [7, 11) is 0. The molecule has 0 radical (unpaired) electrons. The number of nitrogens with zero attached hydrogens (tertiary/aromatic N) is 5. The SMILES string of the molecule is CCNc1cc(N2CCC[C@@H](CCC(=O)N3CCN(C(=O)OCC)CC3)C2)ncn1. The molecule has 2 aliphatic rings. The largest absolute Gasteiger partial charge is 0.450 e. The Kier molecular flexibility index (Phi) is 8.10. The van der Waals surface area contributed by atoms with Crippen molar-refractivity contribution in [1.29, 1.82) is 0 Å². The lowest BCUT2D eigenvalue weighted by Crippen LogP contribution is -2.50. The van der Waals surface area contributed by atoms with Gasteiger partial charge in [-0.2, -0.15) is 0 Å². The second-order valence-corrected chi connectivity index (χ2v) is 7.85. The lowest BCUT2D eigenvalue weighted by Gasteiger charge is -2.35. The zero-order chi connectivity index (χ0) is 21.3. The van der Waals surface area contributed by atoms with Gasteiger partial charge in [-0.05, 0) is 39.0 Å². The molecule has 0 unspecified atom stereocenters. The van der Waals surface area contributed by atoms with Crippen molar-refractivity contribution >= 4 is 23.6 Å². The van der Waals surface area contributed by atoms with E-state index in [-0.39, 0.29) is 12.0 Å². The second kappa shape index (κ2) is 11.0. The fraction of sp³-hybridized carbons (Fsp3) is 0.714. The van der Waals surface area contributed by atoms with Gasteiger partial charge in [-0.1, -0.05) is 0 Å². The van der Waals surface area contributed by atoms with Crippen molar-refractivity contribution in [2.75, 3.05) is 62.6 Å². The van der Waals surface area contributed by atoms with Crippen LogP contribution < -0.4 is 10.2 Å². The van der Waals surface area contributed by atoms with Gasteiger partial charge in [-0.15, -0.1) is 0 Å². The normalized spacial score (nSPS) is 19.5. The summed E-state index contributed by atoms with van der Waals surface area (Å²) in [5.74, 6) is 2.47. The van der Waals surface area contributed by atoms with Crippen molar-refractivity contribution < 1.29 is 14.3 Å². The van der Waals surface area contributed by atoms with E-state index in [0.29, 0.717) is 45.1 Å². The van der Waals surface area contributed by atoms with Gasteiger partial charge in [0.05, 0.1) is 6.61 Å². The summed E-state index contributed by atoms with van der Waals surface area (Å²) in [5, 5.41) is 3.23. The third-order valence-corrected chi connectivity index (χ3v) is 5.78. The lowest BCUT2D eigenvalue weighted by atomic mass is 9.93. The Labute approximate surface area is 178 Å². The third kappa shape index (κ3) is 5.96. The first-order valence-electron chi connectivity index (χ1n) is 11.1. The van der Waals surface area contributed by atoms with Gasteiger partial charge in [0, 0.05) is 58.3 Å². The van der Waals surface area contributed by atoms with Crippen molar-refractivity contribution in [3.05, 3.63) is 12.4 Å². The van der Waals surface area contributed by atoms with Crippen LogP contribution in [0.2, 0.25) is 0 Å². The molecule has 0 aliphatic carbocycles. The van der Waals surface area contributed by atoms with Crippen molar-refractivity contribution in [3.8, 4) is 0 Å². The second-order valence-electron chi connectivity index (χ2n) is 7.85. The van der Waals surface area contributed by atoms with Gasteiger partial charge in [0.15, 0.2) is 0 Å². The fourth-order valence-electron chi connectivity index (χ4n) is 4.15. The molecule has 0 bridgehead atoms. The molecule has 0 spiro atoms. The summed E-state index contributed by atoms with van der Waals surface area (Å²) in [4.78, 5) is 39.0. The van der Waals surface area contributed by atoms with E-state index in [1.165, 1.54) is 0 Å². The quantitative estimate of drug-likeness (QED) is 0.726. The molecule has 3 rings (SSSR count). The first-order valence-corrected chi connectivity index (χ1v) is 11.1. The number of anilines is 2. The van der Waals surface area contributed by atoms with Crippen molar-refractivity contribution in [3.63, 3.8) is 0 Å². The molecular weight excluding hydrogens is 384 g/mol. The van der Waals surface area contributed by atoms with E-state index in [2.05, 4.69) is 20.2 Å². The van der Waals surface area contributed by atoms with Crippen LogP contribution in [0.1, 0.15) is 39.5 Å². The van der Waals surface area contributed by atoms with Crippen LogP contribution in [0.15, 0.2) is 12.4 Å². The highest BCUT2D eigenvalue weighted by Gasteiger charge is 2.26. The molecule has 9 heteroatoms. The van der Waals surface area contributed by atoms with E-state index in [1.807, 2.05) is 17.9 Å². The van der Waals surface area contributed by atoms with Gasteiger partial charge >= 0.3 is 6.09 Å². The number of piperazine rings is 1. The maximum atomic E-state index is 12.7. The first kappa shape index (κ1) is 22.1. The van der Waals surface area contributed by atoms with Crippen LogP contribution in [0.5, 0.6) is 0 Å². The molecule has 1 aromatic rings. The first-order chi connectivity index (χ1) is 14.6. The Morgan fingerprint density at radius 2 is 1.90 bits per heavy atom. The predicted octanol–water partition coefficient (Wildman–Crippen LogP) is 2.21. The molecule has 1 N–H and O–H groups in total. The highest BCUT2D eigenvalue weighted by atomic mass is 16.6. The van der Waals surface area contributed by atoms with Crippen LogP contribution in [0.3, 0.4) is 0 Å². The average molecular weight is 419 g/mol. The predicted molar refractivity (Wildman–Crippen MR) is 116 cm³/mol. The van der Waals surface area contributed by atoms with E-state index >= 15 is 0 Å². The smallest absolute Gasteiger partial charge is 0.409 e. The summed E-state index contributed by atoms with van der Waals surface area (Å²) < 4.78 is 5.04. The van der Waals surface area contributed by atoms with Gasteiger partial charge in [0.25, 0.3) is 0 Å². The Hall–Kier alpha value is -2.58. The number of hydrogen-bond donors (Lipinski definition) is 1. The molecule has 0 aromatic carbocycles. The third-order valence-electron chi connectivity index (χ3n) is 5.78. The Morgan fingerprint density at radius 1 is 1.13 bits per heavy atom. The highest BCUT2D eigenvalue weighted by Crippen LogP contribution is 2.26. The number of aromatic nitrogens is 2. The van der Waals surface area contributed by atoms with Crippen LogP contribution in [0.25, 0.3) is 0 Å².